The highest BCUT2D eigenvalue weighted by Crippen LogP contribution is 2.25. The number of nitrogens with two attached hydrogens (primary N) is 1. The van der Waals surface area contributed by atoms with Crippen LogP contribution in [0.4, 0.5) is 4.39 Å². The number of benzene rings is 1. The maximum atomic E-state index is 13.2. The van der Waals surface area contributed by atoms with Crippen LogP contribution in [-0.4, -0.2) is 25.5 Å². The number of sulfone groups is 1. The van der Waals surface area contributed by atoms with Crippen molar-refractivity contribution in [1.82, 2.24) is 0 Å². The average Bonchev–Trinajstić information content (AvgIpc) is 2.29. The van der Waals surface area contributed by atoms with E-state index in [1.54, 1.807) is 27.7 Å². The van der Waals surface area contributed by atoms with E-state index in [4.69, 9.17) is 10.5 Å². The number of ether oxygens (including phenoxy) is 1. The molecule has 0 radical (unpaired) electrons. The number of hydrogen-bond acceptors (Lipinski definition) is 4. The number of rotatable bonds is 5. The fraction of sp³-hybridized carbons (Fsp3) is 0.571. The standard InChI is InChI=1S/C14H22FNO3S/c1-10(16)12-9-11(15)5-6-13(12)19-7-8-20(17,18)14(2,3)4/h5-6,9-10H,7-8,16H2,1-4H3/t10-/m1/s1. The fourth-order valence-corrected chi connectivity index (χ4v) is 2.49. The Balaban J connectivity index is 2.77. The van der Waals surface area contributed by atoms with Crippen LogP contribution in [0, 0.1) is 5.82 Å². The van der Waals surface area contributed by atoms with E-state index in [1.165, 1.54) is 18.2 Å². The second-order valence-corrected chi connectivity index (χ2v) is 8.61. The van der Waals surface area contributed by atoms with Crippen molar-refractivity contribution in [2.24, 2.45) is 5.73 Å². The molecule has 0 aromatic heterocycles. The highest BCUT2D eigenvalue weighted by Gasteiger charge is 2.28. The summed E-state index contributed by atoms with van der Waals surface area (Å²) in [6, 6.07) is 3.65. The summed E-state index contributed by atoms with van der Waals surface area (Å²) in [5.41, 5.74) is 6.27. The summed E-state index contributed by atoms with van der Waals surface area (Å²) in [6.07, 6.45) is 0. The molecule has 0 saturated heterocycles. The van der Waals surface area contributed by atoms with Gasteiger partial charge in [-0.1, -0.05) is 0 Å². The van der Waals surface area contributed by atoms with Crippen molar-refractivity contribution < 1.29 is 17.5 Å². The summed E-state index contributed by atoms with van der Waals surface area (Å²) < 4.78 is 41.7. The van der Waals surface area contributed by atoms with E-state index >= 15 is 0 Å². The average molecular weight is 303 g/mol. The molecule has 1 rings (SSSR count). The van der Waals surface area contributed by atoms with Crippen molar-refractivity contribution in [1.29, 1.82) is 0 Å². The smallest absolute Gasteiger partial charge is 0.158 e. The Labute approximate surface area is 120 Å². The van der Waals surface area contributed by atoms with Crippen LogP contribution in [0.15, 0.2) is 18.2 Å². The molecule has 6 heteroatoms. The third-order valence-electron chi connectivity index (χ3n) is 3.01. The molecular formula is C14H22FNO3S. The summed E-state index contributed by atoms with van der Waals surface area (Å²) in [4.78, 5) is 0. The first-order chi connectivity index (χ1) is 9.04. The van der Waals surface area contributed by atoms with Crippen LogP contribution in [0.25, 0.3) is 0 Å². The van der Waals surface area contributed by atoms with Crippen LogP contribution in [-0.2, 0) is 9.84 Å². The van der Waals surface area contributed by atoms with Crippen molar-refractivity contribution in [2.75, 3.05) is 12.4 Å². The Hall–Kier alpha value is -1.14. The Morgan fingerprint density at radius 2 is 1.95 bits per heavy atom. The Bertz CT molecular complexity index is 562. The zero-order valence-electron chi connectivity index (χ0n) is 12.3. The van der Waals surface area contributed by atoms with Gasteiger partial charge in [-0.15, -0.1) is 0 Å². The summed E-state index contributed by atoms with van der Waals surface area (Å²) in [5.74, 6) is -0.0656. The predicted octanol–water partition coefficient (Wildman–Crippen LogP) is 2.44. The molecule has 1 aromatic carbocycles. The van der Waals surface area contributed by atoms with Gasteiger partial charge < -0.3 is 10.5 Å². The van der Waals surface area contributed by atoms with Gasteiger partial charge >= 0.3 is 0 Å². The summed E-state index contributed by atoms with van der Waals surface area (Å²) in [5, 5.41) is 0. The number of halogens is 1. The van der Waals surface area contributed by atoms with Crippen molar-refractivity contribution in [3.63, 3.8) is 0 Å². The van der Waals surface area contributed by atoms with E-state index in [9.17, 15) is 12.8 Å². The van der Waals surface area contributed by atoms with Gasteiger partial charge in [0.1, 0.15) is 18.2 Å². The topological polar surface area (TPSA) is 69.4 Å². The van der Waals surface area contributed by atoms with Gasteiger partial charge in [-0.3, -0.25) is 0 Å². The zero-order chi connectivity index (χ0) is 15.6. The van der Waals surface area contributed by atoms with Gasteiger partial charge in [0.05, 0.1) is 10.5 Å². The lowest BCUT2D eigenvalue weighted by Crippen LogP contribution is -2.32. The Kier molecular flexibility index (Phi) is 5.15. The maximum Gasteiger partial charge on any atom is 0.158 e. The number of hydrogen-bond donors (Lipinski definition) is 1. The summed E-state index contributed by atoms with van der Waals surface area (Å²) >= 11 is 0. The SMILES string of the molecule is C[C@@H](N)c1cc(F)ccc1OCCS(=O)(=O)C(C)(C)C. The minimum Gasteiger partial charge on any atom is -0.492 e. The van der Waals surface area contributed by atoms with Crippen LogP contribution < -0.4 is 10.5 Å². The molecule has 0 heterocycles. The molecule has 0 unspecified atom stereocenters. The van der Waals surface area contributed by atoms with Crippen LogP contribution in [0.1, 0.15) is 39.3 Å². The molecule has 0 fully saturated rings. The highest BCUT2D eigenvalue weighted by molar-refractivity contribution is 7.92. The highest BCUT2D eigenvalue weighted by atomic mass is 32.2. The van der Waals surface area contributed by atoms with Crippen molar-refractivity contribution in [3.05, 3.63) is 29.6 Å². The van der Waals surface area contributed by atoms with Crippen molar-refractivity contribution in [3.8, 4) is 5.75 Å². The van der Waals surface area contributed by atoms with Crippen molar-refractivity contribution in [2.45, 2.75) is 38.5 Å². The second-order valence-electron chi connectivity index (χ2n) is 5.75. The van der Waals surface area contributed by atoms with E-state index in [2.05, 4.69) is 0 Å². The maximum absolute atomic E-state index is 13.2. The largest absolute Gasteiger partial charge is 0.492 e. The molecule has 20 heavy (non-hydrogen) atoms. The normalized spacial score (nSPS) is 14.1. The first kappa shape index (κ1) is 16.9. The first-order valence-electron chi connectivity index (χ1n) is 6.45. The van der Waals surface area contributed by atoms with Gasteiger partial charge in [-0.05, 0) is 45.9 Å². The van der Waals surface area contributed by atoms with Crippen LogP contribution in [0.5, 0.6) is 5.75 Å². The van der Waals surface area contributed by atoms with Gasteiger partial charge in [-0.2, -0.15) is 0 Å². The molecule has 0 spiro atoms. The van der Waals surface area contributed by atoms with Crippen molar-refractivity contribution >= 4 is 9.84 Å². The lowest BCUT2D eigenvalue weighted by Gasteiger charge is -2.20. The van der Waals surface area contributed by atoms with Gasteiger partial charge in [0, 0.05) is 11.6 Å². The molecule has 1 aromatic rings. The third kappa shape index (κ3) is 4.18. The van der Waals surface area contributed by atoms with Gasteiger partial charge in [0.25, 0.3) is 0 Å². The molecular weight excluding hydrogens is 281 g/mol. The van der Waals surface area contributed by atoms with E-state index in [0.717, 1.165) is 0 Å². The lowest BCUT2D eigenvalue weighted by atomic mass is 10.1. The molecule has 4 nitrogen and oxygen atoms in total. The predicted molar refractivity (Wildman–Crippen MR) is 78.0 cm³/mol. The minimum absolute atomic E-state index is 0.0188. The molecule has 0 saturated carbocycles. The minimum atomic E-state index is -3.24. The molecule has 1 atom stereocenters. The van der Waals surface area contributed by atoms with E-state index in [1.807, 2.05) is 0 Å². The third-order valence-corrected chi connectivity index (χ3v) is 5.58. The fourth-order valence-electron chi connectivity index (χ4n) is 1.57. The monoisotopic (exact) mass is 303 g/mol. The van der Waals surface area contributed by atoms with Gasteiger partial charge in [0.15, 0.2) is 9.84 Å². The van der Waals surface area contributed by atoms with E-state index in [-0.39, 0.29) is 18.4 Å². The molecule has 2 N–H and O–H groups in total. The molecule has 0 aliphatic rings. The molecule has 114 valence electrons. The van der Waals surface area contributed by atoms with Crippen LogP contribution >= 0.6 is 0 Å². The molecule has 0 amide bonds. The molecule has 0 aliphatic heterocycles. The van der Waals surface area contributed by atoms with Gasteiger partial charge in [0.2, 0.25) is 0 Å². The summed E-state index contributed by atoms with van der Waals surface area (Å²) in [6.45, 7) is 6.67. The van der Waals surface area contributed by atoms with Crippen LogP contribution in [0.3, 0.4) is 0 Å². The lowest BCUT2D eigenvalue weighted by molar-refractivity contribution is 0.333. The van der Waals surface area contributed by atoms with Gasteiger partial charge in [-0.25, -0.2) is 12.8 Å². The van der Waals surface area contributed by atoms with E-state index < -0.39 is 20.4 Å². The summed E-state index contributed by atoms with van der Waals surface area (Å²) in [7, 11) is -3.24. The zero-order valence-corrected chi connectivity index (χ0v) is 13.1. The first-order valence-corrected chi connectivity index (χ1v) is 8.10. The van der Waals surface area contributed by atoms with E-state index in [0.29, 0.717) is 11.3 Å². The quantitative estimate of drug-likeness (QED) is 0.907. The van der Waals surface area contributed by atoms with Crippen LogP contribution in [0.2, 0.25) is 0 Å². The Morgan fingerprint density at radius 1 is 1.35 bits per heavy atom. The molecule has 0 aliphatic carbocycles. The Morgan fingerprint density at radius 3 is 2.45 bits per heavy atom. The second kappa shape index (κ2) is 6.10. The molecule has 0 bridgehead atoms.